The van der Waals surface area contributed by atoms with Gasteiger partial charge >= 0.3 is 0 Å². The Balaban J connectivity index is 3.60. The largest absolute Gasteiger partial charge is 0.376 e. The number of rotatable bonds is 2. The van der Waals surface area contributed by atoms with E-state index in [1.807, 2.05) is 39.3 Å². The fraction of sp³-hybridized carbons (Fsp3) is 0.583. The molecular formula is C12H19NO2. The second-order valence-electron chi connectivity index (χ2n) is 3.99. The van der Waals surface area contributed by atoms with Crippen molar-refractivity contribution in [2.45, 2.75) is 33.8 Å². The second kappa shape index (κ2) is 4.19. The van der Waals surface area contributed by atoms with E-state index < -0.39 is 0 Å². The van der Waals surface area contributed by atoms with Crippen LogP contribution in [0.2, 0.25) is 0 Å². The van der Waals surface area contributed by atoms with Crippen LogP contribution in [0.1, 0.15) is 35.5 Å². The third kappa shape index (κ3) is 1.84. The Morgan fingerprint density at radius 2 is 1.73 bits per heavy atom. The zero-order chi connectivity index (χ0) is 11.7. The SMILES string of the molecule is COC(C)c1c(C)c(=O)c(C)c(C)n1C. The number of aromatic nitrogens is 1. The van der Waals surface area contributed by atoms with Gasteiger partial charge in [0, 0.05) is 31.0 Å². The number of nitrogens with zero attached hydrogens (tertiary/aromatic N) is 1. The third-order valence-electron chi connectivity index (χ3n) is 3.21. The Hall–Kier alpha value is -1.09. The fourth-order valence-corrected chi connectivity index (χ4v) is 1.93. The second-order valence-corrected chi connectivity index (χ2v) is 3.99. The molecule has 0 aliphatic heterocycles. The van der Waals surface area contributed by atoms with Crippen LogP contribution in [0.3, 0.4) is 0 Å². The third-order valence-corrected chi connectivity index (χ3v) is 3.21. The highest BCUT2D eigenvalue weighted by Crippen LogP contribution is 2.19. The van der Waals surface area contributed by atoms with Crippen LogP contribution in [0.15, 0.2) is 4.79 Å². The molecule has 15 heavy (non-hydrogen) atoms. The van der Waals surface area contributed by atoms with Crippen LogP contribution in [0.5, 0.6) is 0 Å². The topological polar surface area (TPSA) is 31.2 Å². The van der Waals surface area contributed by atoms with E-state index in [1.54, 1.807) is 7.11 Å². The van der Waals surface area contributed by atoms with E-state index in [-0.39, 0.29) is 11.5 Å². The molecule has 3 heteroatoms. The van der Waals surface area contributed by atoms with Crippen molar-refractivity contribution >= 4 is 0 Å². The summed E-state index contributed by atoms with van der Waals surface area (Å²) in [6.45, 7) is 7.64. The first-order valence-corrected chi connectivity index (χ1v) is 5.11. The normalized spacial score (nSPS) is 12.9. The van der Waals surface area contributed by atoms with Crippen molar-refractivity contribution in [3.63, 3.8) is 0 Å². The van der Waals surface area contributed by atoms with Crippen molar-refractivity contribution in [3.8, 4) is 0 Å². The Labute approximate surface area is 90.7 Å². The Morgan fingerprint density at radius 1 is 1.20 bits per heavy atom. The molecule has 0 N–H and O–H groups in total. The van der Waals surface area contributed by atoms with Gasteiger partial charge in [-0.2, -0.15) is 0 Å². The van der Waals surface area contributed by atoms with E-state index in [0.29, 0.717) is 0 Å². The fourth-order valence-electron chi connectivity index (χ4n) is 1.93. The molecule has 0 aliphatic rings. The zero-order valence-corrected chi connectivity index (χ0v) is 10.3. The minimum Gasteiger partial charge on any atom is -0.376 e. The lowest BCUT2D eigenvalue weighted by Crippen LogP contribution is -2.23. The molecule has 0 spiro atoms. The summed E-state index contributed by atoms with van der Waals surface area (Å²) in [6, 6.07) is 0. The number of ether oxygens (including phenoxy) is 1. The van der Waals surface area contributed by atoms with Gasteiger partial charge in [0.1, 0.15) is 0 Å². The molecule has 1 rings (SSSR count). The van der Waals surface area contributed by atoms with E-state index >= 15 is 0 Å². The first-order valence-electron chi connectivity index (χ1n) is 5.11. The van der Waals surface area contributed by atoms with Gasteiger partial charge in [-0.05, 0) is 27.7 Å². The molecule has 1 unspecified atom stereocenters. The molecule has 0 fully saturated rings. The number of hydrogen-bond donors (Lipinski definition) is 0. The lowest BCUT2D eigenvalue weighted by Gasteiger charge is -2.20. The van der Waals surface area contributed by atoms with E-state index in [4.69, 9.17) is 4.74 Å². The zero-order valence-electron chi connectivity index (χ0n) is 10.3. The smallest absolute Gasteiger partial charge is 0.187 e. The summed E-state index contributed by atoms with van der Waals surface area (Å²) >= 11 is 0. The van der Waals surface area contributed by atoms with Crippen molar-refractivity contribution in [3.05, 3.63) is 32.7 Å². The first-order chi connectivity index (χ1) is 6.91. The van der Waals surface area contributed by atoms with Crippen molar-refractivity contribution < 1.29 is 4.74 Å². The maximum absolute atomic E-state index is 11.9. The predicted molar refractivity (Wildman–Crippen MR) is 61.3 cm³/mol. The highest BCUT2D eigenvalue weighted by Gasteiger charge is 2.16. The van der Waals surface area contributed by atoms with Gasteiger partial charge in [-0.15, -0.1) is 0 Å². The van der Waals surface area contributed by atoms with Gasteiger partial charge in [-0.3, -0.25) is 4.79 Å². The van der Waals surface area contributed by atoms with Crippen LogP contribution in [0, 0.1) is 20.8 Å². The van der Waals surface area contributed by atoms with E-state index in [0.717, 1.165) is 22.5 Å². The maximum Gasteiger partial charge on any atom is 0.187 e. The van der Waals surface area contributed by atoms with Crippen molar-refractivity contribution in [1.29, 1.82) is 0 Å². The van der Waals surface area contributed by atoms with Crippen LogP contribution < -0.4 is 5.43 Å². The molecule has 0 saturated carbocycles. The molecular weight excluding hydrogens is 190 g/mol. The first kappa shape index (κ1) is 12.0. The molecule has 0 aliphatic carbocycles. The van der Waals surface area contributed by atoms with Gasteiger partial charge in [-0.1, -0.05) is 0 Å². The Morgan fingerprint density at radius 3 is 2.20 bits per heavy atom. The van der Waals surface area contributed by atoms with Crippen LogP contribution >= 0.6 is 0 Å². The molecule has 84 valence electrons. The summed E-state index contributed by atoms with van der Waals surface area (Å²) in [5.74, 6) is 0. The van der Waals surface area contributed by atoms with E-state index in [2.05, 4.69) is 0 Å². The van der Waals surface area contributed by atoms with Gasteiger partial charge in [0.05, 0.1) is 11.8 Å². The molecule has 0 radical (unpaired) electrons. The monoisotopic (exact) mass is 209 g/mol. The lowest BCUT2D eigenvalue weighted by atomic mass is 10.1. The van der Waals surface area contributed by atoms with Crippen molar-refractivity contribution in [1.82, 2.24) is 4.57 Å². The minimum absolute atomic E-state index is 0.0537. The average molecular weight is 209 g/mol. The molecule has 0 amide bonds. The van der Waals surface area contributed by atoms with Crippen LogP contribution in [-0.4, -0.2) is 11.7 Å². The lowest BCUT2D eigenvalue weighted by molar-refractivity contribution is 0.112. The molecule has 0 saturated heterocycles. The van der Waals surface area contributed by atoms with Gasteiger partial charge in [0.15, 0.2) is 5.43 Å². The summed E-state index contributed by atoms with van der Waals surface area (Å²) < 4.78 is 7.33. The predicted octanol–water partition coefficient (Wildman–Crippen LogP) is 2.02. The van der Waals surface area contributed by atoms with E-state index in [1.165, 1.54) is 0 Å². The molecule has 1 aromatic rings. The summed E-state index contributed by atoms with van der Waals surface area (Å²) in [5, 5.41) is 0. The number of methoxy groups -OCH3 is 1. The summed E-state index contributed by atoms with van der Waals surface area (Å²) in [5.41, 5.74) is 3.71. The van der Waals surface area contributed by atoms with Gasteiger partial charge in [0.2, 0.25) is 0 Å². The quantitative estimate of drug-likeness (QED) is 0.746. The van der Waals surface area contributed by atoms with Crippen LogP contribution in [0.25, 0.3) is 0 Å². The molecule has 1 aromatic heterocycles. The van der Waals surface area contributed by atoms with Gasteiger partial charge < -0.3 is 9.30 Å². The Bertz CT molecular complexity index is 432. The molecule has 3 nitrogen and oxygen atoms in total. The van der Waals surface area contributed by atoms with Crippen molar-refractivity contribution in [2.24, 2.45) is 7.05 Å². The number of pyridine rings is 1. The summed E-state index contributed by atoms with van der Waals surface area (Å²) in [4.78, 5) is 11.9. The van der Waals surface area contributed by atoms with Gasteiger partial charge in [-0.25, -0.2) is 0 Å². The maximum atomic E-state index is 11.9. The summed E-state index contributed by atoms with van der Waals surface area (Å²) in [6.07, 6.45) is -0.0537. The molecule has 1 heterocycles. The molecule has 1 atom stereocenters. The summed E-state index contributed by atoms with van der Waals surface area (Å²) in [7, 11) is 3.63. The minimum atomic E-state index is -0.0537. The van der Waals surface area contributed by atoms with Crippen molar-refractivity contribution in [2.75, 3.05) is 7.11 Å². The molecule has 0 aromatic carbocycles. The Kier molecular flexibility index (Phi) is 3.35. The van der Waals surface area contributed by atoms with Gasteiger partial charge in [0.25, 0.3) is 0 Å². The standard InChI is InChI=1S/C12H19NO2/c1-7-9(3)13(5)11(10(4)15-6)8(2)12(7)14/h10H,1-6H3. The number of hydrogen-bond acceptors (Lipinski definition) is 2. The highest BCUT2D eigenvalue weighted by atomic mass is 16.5. The highest BCUT2D eigenvalue weighted by molar-refractivity contribution is 5.31. The van der Waals surface area contributed by atoms with E-state index in [9.17, 15) is 4.79 Å². The van der Waals surface area contributed by atoms with Crippen LogP contribution in [-0.2, 0) is 11.8 Å². The average Bonchev–Trinajstić information content (AvgIpc) is 2.23. The van der Waals surface area contributed by atoms with Crippen LogP contribution in [0.4, 0.5) is 0 Å². The molecule has 0 bridgehead atoms.